The molecular weight excluding hydrogens is 354 g/mol. The van der Waals surface area contributed by atoms with E-state index in [1.54, 1.807) is 17.0 Å². The van der Waals surface area contributed by atoms with Crippen molar-refractivity contribution in [3.63, 3.8) is 0 Å². The predicted octanol–water partition coefficient (Wildman–Crippen LogP) is 3.03. The zero-order valence-electron chi connectivity index (χ0n) is 16.6. The Hall–Kier alpha value is -3.15. The maximum absolute atomic E-state index is 12.3. The van der Waals surface area contributed by atoms with E-state index in [9.17, 15) is 14.4 Å². The van der Waals surface area contributed by atoms with Crippen LogP contribution in [0.1, 0.15) is 42.1 Å². The number of hydrogen-bond acceptors (Lipinski definition) is 3. The van der Waals surface area contributed by atoms with Gasteiger partial charge in [0.1, 0.15) is 0 Å². The first-order chi connectivity index (χ1) is 13.3. The van der Waals surface area contributed by atoms with Crippen LogP contribution in [-0.4, -0.2) is 24.3 Å². The number of aryl methyl sites for hydroxylation is 1. The van der Waals surface area contributed by atoms with Gasteiger partial charge in [0.15, 0.2) is 0 Å². The van der Waals surface area contributed by atoms with Gasteiger partial charge in [0, 0.05) is 24.8 Å². The lowest BCUT2D eigenvalue weighted by atomic mass is 9.98. The molecule has 0 bridgehead atoms. The summed E-state index contributed by atoms with van der Waals surface area (Å²) in [6, 6.07) is 11.0. The van der Waals surface area contributed by atoms with Gasteiger partial charge < -0.3 is 15.5 Å². The van der Waals surface area contributed by atoms with Crippen LogP contribution in [0.15, 0.2) is 36.4 Å². The zero-order chi connectivity index (χ0) is 20.4. The average molecular weight is 379 g/mol. The van der Waals surface area contributed by atoms with E-state index in [0.717, 1.165) is 34.4 Å². The van der Waals surface area contributed by atoms with Crippen molar-refractivity contribution in [1.82, 2.24) is 5.32 Å². The molecule has 146 valence electrons. The minimum absolute atomic E-state index is 0.00431. The van der Waals surface area contributed by atoms with Gasteiger partial charge in [-0.1, -0.05) is 18.2 Å². The summed E-state index contributed by atoms with van der Waals surface area (Å²) in [6.45, 7) is 8.05. The molecule has 2 aromatic rings. The predicted molar refractivity (Wildman–Crippen MR) is 109 cm³/mol. The van der Waals surface area contributed by atoms with E-state index in [1.165, 1.54) is 6.92 Å². The molecular formula is C22H25N3O3. The third-order valence-corrected chi connectivity index (χ3v) is 5.28. The van der Waals surface area contributed by atoms with Crippen LogP contribution in [0.4, 0.5) is 11.4 Å². The number of anilines is 2. The summed E-state index contributed by atoms with van der Waals surface area (Å²) in [5, 5.41) is 5.40. The molecule has 3 amide bonds. The van der Waals surface area contributed by atoms with Crippen molar-refractivity contribution < 1.29 is 14.4 Å². The largest absolute Gasteiger partial charge is 0.341 e. The van der Waals surface area contributed by atoms with E-state index in [0.29, 0.717) is 12.2 Å². The topological polar surface area (TPSA) is 78.5 Å². The van der Waals surface area contributed by atoms with E-state index in [2.05, 4.69) is 10.6 Å². The minimum Gasteiger partial charge on any atom is -0.341 e. The van der Waals surface area contributed by atoms with Crippen molar-refractivity contribution in [2.75, 3.05) is 16.8 Å². The quantitative estimate of drug-likeness (QED) is 0.805. The molecule has 0 saturated heterocycles. The van der Waals surface area contributed by atoms with E-state index < -0.39 is 11.8 Å². The molecule has 2 aromatic carbocycles. The highest BCUT2D eigenvalue weighted by molar-refractivity contribution is 6.39. The second kappa shape index (κ2) is 7.84. The summed E-state index contributed by atoms with van der Waals surface area (Å²) >= 11 is 0. The molecule has 1 aliphatic rings. The molecule has 0 aromatic heterocycles. The van der Waals surface area contributed by atoms with Crippen LogP contribution >= 0.6 is 0 Å². The summed E-state index contributed by atoms with van der Waals surface area (Å²) in [5.74, 6) is -1.40. The lowest BCUT2D eigenvalue weighted by Crippen LogP contribution is -2.37. The van der Waals surface area contributed by atoms with E-state index >= 15 is 0 Å². The second-order valence-electron chi connectivity index (χ2n) is 7.20. The molecule has 28 heavy (non-hydrogen) atoms. The van der Waals surface area contributed by atoms with Crippen LogP contribution in [0.3, 0.4) is 0 Å². The van der Waals surface area contributed by atoms with Crippen molar-refractivity contribution in [2.45, 2.75) is 40.2 Å². The van der Waals surface area contributed by atoms with E-state index in [1.807, 2.05) is 45.0 Å². The fourth-order valence-corrected chi connectivity index (χ4v) is 3.58. The van der Waals surface area contributed by atoms with Gasteiger partial charge in [0.05, 0.1) is 6.04 Å². The van der Waals surface area contributed by atoms with Gasteiger partial charge in [0.25, 0.3) is 0 Å². The third-order valence-electron chi connectivity index (χ3n) is 5.28. The molecule has 0 radical (unpaired) electrons. The average Bonchev–Trinajstić information content (AvgIpc) is 3.07. The highest BCUT2D eigenvalue weighted by Crippen LogP contribution is 2.30. The molecule has 0 spiro atoms. The van der Waals surface area contributed by atoms with E-state index in [-0.39, 0.29) is 11.9 Å². The Bertz CT molecular complexity index is 952. The van der Waals surface area contributed by atoms with Crippen molar-refractivity contribution in [1.29, 1.82) is 0 Å². The monoisotopic (exact) mass is 379 g/mol. The summed E-state index contributed by atoms with van der Waals surface area (Å²) in [7, 11) is 0. The smallest absolute Gasteiger partial charge is 0.313 e. The molecule has 1 atom stereocenters. The minimum atomic E-state index is -0.710. The molecule has 6 heteroatoms. The summed E-state index contributed by atoms with van der Waals surface area (Å²) < 4.78 is 0. The Morgan fingerprint density at radius 2 is 1.82 bits per heavy atom. The molecule has 6 nitrogen and oxygen atoms in total. The van der Waals surface area contributed by atoms with Gasteiger partial charge in [-0.15, -0.1) is 0 Å². The maximum Gasteiger partial charge on any atom is 0.313 e. The number of rotatable bonds is 3. The summed E-state index contributed by atoms with van der Waals surface area (Å²) in [6.07, 6.45) is 0.731. The van der Waals surface area contributed by atoms with Crippen LogP contribution in [0.25, 0.3) is 0 Å². The number of hydrogen-bond donors (Lipinski definition) is 2. The Morgan fingerprint density at radius 3 is 2.54 bits per heavy atom. The molecule has 3 rings (SSSR count). The second-order valence-corrected chi connectivity index (χ2v) is 7.20. The molecule has 0 fully saturated rings. The number of amides is 3. The first-order valence-electron chi connectivity index (χ1n) is 9.37. The molecule has 0 saturated carbocycles. The van der Waals surface area contributed by atoms with Gasteiger partial charge in [-0.2, -0.15) is 0 Å². The molecule has 0 aliphatic carbocycles. The molecule has 2 N–H and O–H groups in total. The van der Waals surface area contributed by atoms with Crippen LogP contribution in [-0.2, 0) is 20.8 Å². The number of carbonyl (C=O) groups excluding carboxylic acids is 3. The Labute approximate surface area is 164 Å². The summed E-state index contributed by atoms with van der Waals surface area (Å²) in [4.78, 5) is 38.0. The summed E-state index contributed by atoms with van der Waals surface area (Å²) in [5.41, 5.74) is 5.62. The normalized spacial score (nSPS) is 13.6. The van der Waals surface area contributed by atoms with Crippen LogP contribution in [0, 0.1) is 13.8 Å². The van der Waals surface area contributed by atoms with Crippen molar-refractivity contribution in [3.05, 3.63) is 58.7 Å². The number of nitrogens with one attached hydrogen (secondary N) is 2. The van der Waals surface area contributed by atoms with Crippen molar-refractivity contribution in [3.8, 4) is 0 Å². The van der Waals surface area contributed by atoms with Crippen LogP contribution in [0.2, 0.25) is 0 Å². The van der Waals surface area contributed by atoms with Crippen molar-refractivity contribution >= 4 is 29.1 Å². The lowest BCUT2D eigenvalue weighted by molar-refractivity contribution is -0.136. The standard InChI is InChI=1S/C22H25N3O3/c1-13-6-5-7-19(14(13)2)15(3)23-21(27)22(28)24-18-8-9-20-17(12-18)10-11-25(20)16(4)26/h5-9,12,15H,10-11H2,1-4H3,(H,23,27)(H,24,28). The third kappa shape index (κ3) is 3.91. The van der Waals surface area contributed by atoms with Crippen LogP contribution < -0.4 is 15.5 Å². The van der Waals surface area contributed by atoms with Crippen LogP contribution in [0.5, 0.6) is 0 Å². The Balaban J connectivity index is 1.66. The van der Waals surface area contributed by atoms with E-state index in [4.69, 9.17) is 0 Å². The first kappa shape index (κ1) is 19.6. The van der Waals surface area contributed by atoms with Gasteiger partial charge in [-0.05, 0) is 67.6 Å². The fourth-order valence-electron chi connectivity index (χ4n) is 3.58. The number of nitrogens with zero attached hydrogens (tertiary/aromatic N) is 1. The zero-order valence-corrected chi connectivity index (χ0v) is 16.6. The maximum atomic E-state index is 12.3. The Morgan fingerprint density at radius 1 is 1.07 bits per heavy atom. The first-order valence-corrected chi connectivity index (χ1v) is 9.37. The number of carbonyl (C=O) groups is 3. The van der Waals surface area contributed by atoms with Gasteiger partial charge in [0.2, 0.25) is 5.91 Å². The number of fused-ring (bicyclic) bond motifs is 1. The van der Waals surface area contributed by atoms with Gasteiger partial charge in [-0.3, -0.25) is 14.4 Å². The van der Waals surface area contributed by atoms with Gasteiger partial charge >= 0.3 is 11.8 Å². The van der Waals surface area contributed by atoms with Gasteiger partial charge in [-0.25, -0.2) is 0 Å². The fraction of sp³-hybridized carbons (Fsp3) is 0.318. The number of benzene rings is 2. The Kier molecular flexibility index (Phi) is 5.49. The highest BCUT2D eigenvalue weighted by Gasteiger charge is 2.23. The SMILES string of the molecule is CC(=O)N1CCc2cc(NC(=O)C(=O)NC(C)c3cccc(C)c3C)ccc21. The highest BCUT2D eigenvalue weighted by atomic mass is 16.2. The lowest BCUT2D eigenvalue weighted by Gasteiger charge is -2.18. The van der Waals surface area contributed by atoms with Crippen molar-refractivity contribution in [2.24, 2.45) is 0 Å². The molecule has 1 unspecified atom stereocenters. The molecule has 1 heterocycles. The molecule has 1 aliphatic heterocycles.